The third-order valence-corrected chi connectivity index (χ3v) is 1.96. The molecule has 1 aromatic carbocycles. The van der Waals surface area contributed by atoms with Gasteiger partial charge in [-0.2, -0.15) is 0 Å². The summed E-state index contributed by atoms with van der Waals surface area (Å²) in [7, 11) is 0. The Bertz CT molecular complexity index is 431. The second-order valence-electron chi connectivity index (χ2n) is 2.83. The SMILES string of the molecule is O=[N+]([O-])c1ccc2c(c1)N([O-])C[N+]2=O. The van der Waals surface area contributed by atoms with Gasteiger partial charge in [-0.25, -0.2) is 0 Å². The van der Waals surface area contributed by atoms with Gasteiger partial charge in [0, 0.05) is 23.1 Å². The molecular formula is C7H5N3O4. The van der Waals surface area contributed by atoms with Crippen LogP contribution in [0.2, 0.25) is 0 Å². The standard InChI is InChI=1S/C7H5N3O4/c11-8-4-9(12)7-3-5(10(13)14)1-2-6(7)8/h1-3H,4H2. The van der Waals surface area contributed by atoms with Crippen molar-refractivity contribution in [3.63, 3.8) is 0 Å². The molecule has 7 heteroatoms. The van der Waals surface area contributed by atoms with Crippen LogP contribution in [0.4, 0.5) is 17.1 Å². The number of nitrogens with zero attached hydrogens (tertiary/aromatic N) is 3. The molecule has 2 rings (SSSR count). The summed E-state index contributed by atoms with van der Waals surface area (Å²) in [6, 6.07) is 3.57. The molecule has 0 radical (unpaired) electrons. The predicted octanol–water partition coefficient (Wildman–Crippen LogP) is 1.28. The molecule has 1 aromatic rings. The Hall–Kier alpha value is -2.02. The number of nitro groups is 1. The Balaban J connectivity index is 2.55. The Morgan fingerprint density at radius 1 is 1.50 bits per heavy atom. The zero-order chi connectivity index (χ0) is 10.3. The van der Waals surface area contributed by atoms with E-state index < -0.39 is 4.92 Å². The first-order valence-electron chi connectivity index (χ1n) is 3.77. The van der Waals surface area contributed by atoms with Crippen LogP contribution < -0.4 is 5.06 Å². The number of hydrogen-bond acceptors (Lipinski definition) is 5. The van der Waals surface area contributed by atoms with E-state index in [4.69, 9.17) is 0 Å². The lowest BCUT2D eigenvalue weighted by Gasteiger charge is -2.17. The quantitative estimate of drug-likeness (QED) is 0.382. The van der Waals surface area contributed by atoms with Crippen LogP contribution in [0.1, 0.15) is 0 Å². The van der Waals surface area contributed by atoms with E-state index >= 15 is 0 Å². The largest absolute Gasteiger partial charge is 0.754 e. The van der Waals surface area contributed by atoms with Gasteiger partial charge < -0.3 is 10.3 Å². The van der Waals surface area contributed by atoms with Crippen LogP contribution in [-0.2, 0) is 0 Å². The van der Waals surface area contributed by atoms with Crippen molar-refractivity contribution in [1.82, 2.24) is 0 Å². The van der Waals surface area contributed by atoms with Crippen LogP contribution >= 0.6 is 0 Å². The molecule has 1 aliphatic heterocycles. The number of non-ortho nitro benzene ring substituents is 1. The molecule has 0 amide bonds. The minimum absolute atomic E-state index is 0.0502. The maximum Gasteiger partial charge on any atom is 0.281 e. The lowest BCUT2D eigenvalue weighted by atomic mass is 10.2. The summed E-state index contributed by atoms with van der Waals surface area (Å²) in [6.45, 7) is -0.337. The molecule has 0 fully saturated rings. The van der Waals surface area contributed by atoms with E-state index in [1.54, 1.807) is 0 Å². The molecule has 7 nitrogen and oxygen atoms in total. The number of fused-ring (bicyclic) bond motifs is 1. The number of nitroso groups, excluding NO2 is 1. The number of nitro benzene ring substituents is 1. The molecule has 1 aliphatic rings. The second-order valence-corrected chi connectivity index (χ2v) is 2.83. The highest BCUT2D eigenvalue weighted by Gasteiger charge is 2.30. The molecule has 0 aromatic heterocycles. The molecule has 0 bridgehead atoms. The van der Waals surface area contributed by atoms with Crippen molar-refractivity contribution in [2.75, 3.05) is 11.7 Å². The van der Waals surface area contributed by atoms with Gasteiger partial charge in [0.15, 0.2) is 0 Å². The third-order valence-electron chi connectivity index (χ3n) is 1.96. The number of rotatable bonds is 1. The first kappa shape index (κ1) is 8.57. The highest BCUT2D eigenvalue weighted by molar-refractivity contribution is 5.69. The summed E-state index contributed by atoms with van der Waals surface area (Å²) in [4.78, 5) is 20.8. The van der Waals surface area contributed by atoms with E-state index in [-0.39, 0.29) is 23.7 Å². The minimum Gasteiger partial charge on any atom is -0.754 e. The molecule has 0 saturated carbocycles. The molecule has 0 aliphatic carbocycles. The van der Waals surface area contributed by atoms with E-state index in [0.29, 0.717) is 9.82 Å². The summed E-state index contributed by atoms with van der Waals surface area (Å²) in [5.74, 6) is 0. The highest BCUT2D eigenvalue weighted by atomic mass is 16.6. The van der Waals surface area contributed by atoms with Crippen LogP contribution in [0.15, 0.2) is 18.2 Å². The fourth-order valence-electron chi connectivity index (χ4n) is 1.31. The van der Waals surface area contributed by atoms with E-state index in [9.17, 15) is 20.2 Å². The number of anilines is 1. The molecule has 0 saturated heterocycles. The minimum atomic E-state index is -0.610. The molecule has 0 unspecified atom stereocenters. The van der Waals surface area contributed by atoms with Gasteiger partial charge in [0.25, 0.3) is 18.0 Å². The normalized spacial score (nSPS) is 14.4. The Kier molecular flexibility index (Phi) is 1.68. The summed E-state index contributed by atoms with van der Waals surface area (Å²) < 4.78 is 0.492. The van der Waals surface area contributed by atoms with Gasteiger partial charge >= 0.3 is 0 Å². The number of benzene rings is 1. The predicted molar refractivity (Wildman–Crippen MR) is 47.1 cm³/mol. The Morgan fingerprint density at radius 3 is 2.86 bits per heavy atom. The van der Waals surface area contributed by atoms with Gasteiger partial charge in [0.05, 0.1) is 9.68 Å². The third kappa shape index (κ3) is 1.11. The highest BCUT2D eigenvalue weighted by Crippen LogP contribution is 2.36. The number of hydrogen-bond donors (Lipinski definition) is 0. The fourth-order valence-corrected chi connectivity index (χ4v) is 1.31. The summed E-state index contributed by atoms with van der Waals surface area (Å²) >= 11 is 0. The van der Waals surface area contributed by atoms with Crippen molar-refractivity contribution in [3.05, 3.63) is 38.4 Å². The maximum atomic E-state index is 11.1. The molecule has 0 spiro atoms. The van der Waals surface area contributed by atoms with Gasteiger partial charge in [0.2, 0.25) is 0 Å². The summed E-state index contributed by atoms with van der Waals surface area (Å²) in [5, 5.41) is 21.9. The van der Waals surface area contributed by atoms with Crippen molar-refractivity contribution in [1.29, 1.82) is 0 Å². The molecule has 14 heavy (non-hydrogen) atoms. The van der Waals surface area contributed by atoms with Crippen molar-refractivity contribution in [2.45, 2.75) is 0 Å². The van der Waals surface area contributed by atoms with Crippen LogP contribution in [-0.4, -0.2) is 16.4 Å². The van der Waals surface area contributed by atoms with Crippen LogP contribution in [0.5, 0.6) is 0 Å². The van der Waals surface area contributed by atoms with Crippen molar-refractivity contribution in [2.24, 2.45) is 0 Å². The smallest absolute Gasteiger partial charge is 0.281 e. The zero-order valence-corrected chi connectivity index (χ0v) is 6.91. The lowest BCUT2D eigenvalue weighted by Crippen LogP contribution is -2.14. The lowest BCUT2D eigenvalue weighted by molar-refractivity contribution is -0.451. The van der Waals surface area contributed by atoms with Crippen molar-refractivity contribution < 1.29 is 9.68 Å². The van der Waals surface area contributed by atoms with Gasteiger partial charge in [0.1, 0.15) is 5.69 Å². The first-order chi connectivity index (χ1) is 6.59. The topological polar surface area (TPSA) is 89.5 Å². The average molecular weight is 195 g/mol. The fraction of sp³-hybridized carbons (Fsp3) is 0.143. The van der Waals surface area contributed by atoms with Gasteiger partial charge in [-0.15, -0.1) is 0 Å². The van der Waals surface area contributed by atoms with E-state index in [0.717, 1.165) is 6.07 Å². The maximum absolute atomic E-state index is 11.1. The van der Waals surface area contributed by atoms with Gasteiger partial charge in [-0.1, -0.05) is 0 Å². The summed E-state index contributed by atoms with van der Waals surface area (Å²) in [6.07, 6.45) is 0. The van der Waals surface area contributed by atoms with Crippen LogP contribution in [0, 0.1) is 20.2 Å². The Morgan fingerprint density at radius 2 is 2.21 bits per heavy atom. The molecule has 1 heterocycles. The molecule has 0 atom stereocenters. The summed E-state index contributed by atoms with van der Waals surface area (Å²) in [5.41, 5.74) is 0.0275. The van der Waals surface area contributed by atoms with E-state index in [1.807, 2.05) is 0 Å². The monoisotopic (exact) mass is 195 g/mol. The Labute approximate surface area is 77.9 Å². The number of hydroxylamine groups is 1. The molecule has 0 N–H and O–H groups in total. The molecule has 72 valence electrons. The van der Waals surface area contributed by atoms with Crippen LogP contribution in [0.3, 0.4) is 0 Å². The molecular weight excluding hydrogens is 190 g/mol. The van der Waals surface area contributed by atoms with Crippen molar-refractivity contribution >= 4 is 17.1 Å². The average Bonchev–Trinajstić information content (AvgIpc) is 2.42. The van der Waals surface area contributed by atoms with Crippen LogP contribution in [0.25, 0.3) is 0 Å². The first-order valence-corrected chi connectivity index (χ1v) is 3.77. The van der Waals surface area contributed by atoms with Gasteiger partial charge in [-0.05, 0) is 0 Å². The zero-order valence-electron chi connectivity index (χ0n) is 6.91. The van der Waals surface area contributed by atoms with Gasteiger partial charge in [-0.3, -0.25) is 10.1 Å². The second kappa shape index (κ2) is 2.74. The van der Waals surface area contributed by atoms with E-state index in [1.165, 1.54) is 12.1 Å². The van der Waals surface area contributed by atoms with E-state index in [2.05, 4.69) is 0 Å². The van der Waals surface area contributed by atoms with Crippen molar-refractivity contribution in [3.8, 4) is 0 Å².